The molecule has 0 aromatic heterocycles. The number of nitrogen functional groups attached to an aromatic ring is 1. The van der Waals surface area contributed by atoms with Gasteiger partial charge in [-0.25, -0.2) is 0 Å². The molecule has 0 fully saturated rings. The molecular formula is C15H13ClN2O. The lowest BCUT2D eigenvalue weighted by molar-refractivity contribution is 0.483. The van der Waals surface area contributed by atoms with Crippen molar-refractivity contribution < 1.29 is 4.74 Å². The van der Waals surface area contributed by atoms with Gasteiger partial charge in [-0.2, -0.15) is 5.26 Å². The highest BCUT2D eigenvalue weighted by Gasteiger charge is 2.08. The SMILES string of the molecule is CCc1ccc(Oc2cc(Cl)ccc2C#N)c(N)c1. The zero-order chi connectivity index (χ0) is 13.8. The first-order valence-corrected chi connectivity index (χ1v) is 6.27. The third-order valence-corrected chi connectivity index (χ3v) is 3.00. The molecule has 0 unspecified atom stereocenters. The van der Waals surface area contributed by atoms with Crippen LogP contribution in [0.2, 0.25) is 5.02 Å². The van der Waals surface area contributed by atoms with Crippen LogP contribution in [0.15, 0.2) is 36.4 Å². The summed E-state index contributed by atoms with van der Waals surface area (Å²) in [5.74, 6) is 0.932. The number of hydrogen-bond donors (Lipinski definition) is 1. The maximum absolute atomic E-state index is 9.03. The van der Waals surface area contributed by atoms with Gasteiger partial charge in [-0.15, -0.1) is 0 Å². The van der Waals surface area contributed by atoms with Gasteiger partial charge in [0.2, 0.25) is 0 Å². The summed E-state index contributed by atoms with van der Waals surface area (Å²) in [6.07, 6.45) is 0.908. The Kier molecular flexibility index (Phi) is 3.94. The van der Waals surface area contributed by atoms with Gasteiger partial charge in [0.1, 0.15) is 17.6 Å². The average molecular weight is 273 g/mol. The van der Waals surface area contributed by atoms with Crippen molar-refractivity contribution in [2.24, 2.45) is 0 Å². The number of nitriles is 1. The van der Waals surface area contributed by atoms with Gasteiger partial charge < -0.3 is 10.5 Å². The molecule has 0 spiro atoms. The van der Waals surface area contributed by atoms with Gasteiger partial charge in [-0.1, -0.05) is 24.6 Å². The minimum absolute atomic E-state index is 0.408. The topological polar surface area (TPSA) is 59.0 Å². The first kappa shape index (κ1) is 13.3. The van der Waals surface area contributed by atoms with Crippen LogP contribution < -0.4 is 10.5 Å². The minimum Gasteiger partial charge on any atom is -0.454 e. The van der Waals surface area contributed by atoms with E-state index in [1.54, 1.807) is 24.3 Å². The van der Waals surface area contributed by atoms with Gasteiger partial charge >= 0.3 is 0 Å². The van der Waals surface area contributed by atoms with Crippen molar-refractivity contribution in [1.82, 2.24) is 0 Å². The van der Waals surface area contributed by atoms with Crippen LogP contribution in [0.1, 0.15) is 18.1 Å². The van der Waals surface area contributed by atoms with Crippen LogP contribution in [0.4, 0.5) is 5.69 Å². The second-order valence-electron chi connectivity index (χ2n) is 4.08. The zero-order valence-electron chi connectivity index (χ0n) is 10.5. The first-order valence-electron chi connectivity index (χ1n) is 5.90. The van der Waals surface area contributed by atoms with E-state index in [0.717, 1.165) is 12.0 Å². The molecule has 0 aliphatic rings. The fraction of sp³-hybridized carbons (Fsp3) is 0.133. The molecular weight excluding hydrogens is 260 g/mol. The molecule has 2 aromatic carbocycles. The molecule has 0 heterocycles. The molecule has 0 aliphatic carbocycles. The molecule has 0 aliphatic heterocycles. The van der Waals surface area contributed by atoms with E-state index in [4.69, 9.17) is 27.3 Å². The Morgan fingerprint density at radius 3 is 2.63 bits per heavy atom. The van der Waals surface area contributed by atoms with Crippen molar-refractivity contribution in [3.05, 3.63) is 52.5 Å². The smallest absolute Gasteiger partial charge is 0.150 e. The molecule has 2 N–H and O–H groups in total. The highest BCUT2D eigenvalue weighted by molar-refractivity contribution is 6.30. The summed E-state index contributed by atoms with van der Waals surface area (Å²) in [5, 5.41) is 9.55. The second kappa shape index (κ2) is 5.64. The van der Waals surface area contributed by atoms with Crippen LogP contribution in [0.5, 0.6) is 11.5 Å². The minimum atomic E-state index is 0.408. The van der Waals surface area contributed by atoms with Crippen LogP contribution in [0.25, 0.3) is 0 Å². The van der Waals surface area contributed by atoms with E-state index >= 15 is 0 Å². The van der Waals surface area contributed by atoms with Crippen LogP contribution in [-0.4, -0.2) is 0 Å². The lowest BCUT2D eigenvalue weighted by atomic mass is 10.1. The summed E-state index contributed by atoms with van der Waals surface area (Å²) < 4.78 is 5.68. The molecule has 0 saturated carbocycles. The first-order chi connectivity index (χ1) is 9.13. The molecule has 4 heteroatoms. The summed E-state index contributed by atoms with van der Waals surface area (Å²) in [5.41, 5.74) is 8.03. The Hall–Kier alpha value is -2.18. The maximum atomic E-state index is 9.03. The number of nitrogens with two attached hydrogens (primary N) is 1. The molecule has 19 heavy (non-hydrogen) atoms. The molecule has 2 aromatic rings. The number of rotatable bonds is 3. The molecule has 96 valence electrons. The van der Waals surface area contributed by atoms with Gasteiger partial charge in [-0.3, -0.25) is 0 Å². The van der Waals surface area contributed by atoms with Crippen molar-refractivity contribution in [2.45, 2.75) is 13.3 Å². The quantitative estimate of drug-likeness (QED) is 0.854. The summed E-state index contributed by atoms with van der Waals surface area (Å²) >= 11 is 5.91. The van der Waals surface area contributed by atoms with Crippen molar-refractivity contribution in [3.8, 4) is 17.6 Å². The third kappa shape index (κ3) is 2.98. The highest BCUT2D eigenvalue weighted by atomic mass is 35.5. The summed E-state index contributed by atoms with van der Waals surface area (Å²) in [4.78, 5) is 0. The predicted octanol–water partition coefficient (Wildman–Crippen LogP) is 4.15. The fourth-order valence-electron chi connectivity index (χ4n) is 1.70. The number of benzene rings is 2. The number of halogens is 1. The zero-order valence-corrected chi connectivity index (χ0v) is 11.2. The Balaban J connectivity index is 2.36. The number of hydrogen-bond acceptors (Lipinski definition) is 3. The number of nitrogens with zero attached hydrogens (tertiary/aromatic N) is 1. The predicted molar refractivity (Wildman–Crippen MR) is 76.5 cm³/mol. The largest absolute Gasteiger partial charge is 0.454 e. The summed E-state index contributed by atoms with van der Waals surface area (Å²) in [7, 11) is 0. The average Bonchev–Trinajstić information content (AvgIpc) is 2.41. The lowest BCUT2D eigenvalue weighted by Crippen LogP contribution is -1.95. The van der Waals surface area contributed by atoms with Crippen molar-refractivity contribution in [1.29, 1.82) is 5.26 Å². The van der Waals surface area contributed by atoms with E-state index in [9.17, 15) is 0 Å². The van der Waals surface area contributed by atoms with Crippen LogP contribution in [0.3, 0.4) is 0 Å². The standard InChI is InChI=1S/C15H13ClN2O/c1-2-10-3-6-14(13(18)7-10)19-15-8-12(16)5-4-11(15)9-17/h3-8H,2,18H2,1H3. The number of ether oxygens (including phenoxy) is 1. The van der Waals surface area contributed by atoms with E-state index in [1.807, 2.05) is 12.1 Å². The van der Waals surface area contributed by atoms with Crippen molar-refractivity contribution >= 4 is 17.3 Å². The molecule has 3 nitrogen and oxygen atoms in total. The summed E-state index contributed by atoms with van der Waals surface area (Å²) in [6, 6.07) is 12.5. The molecule has 0 saturated heterocycles. The summed E-state index contributed by atoms with van der Waals surface area (Å²) in [6.45, 7) is 2.06. The van der Waals surface area contributed by atoms with Gasteiger partial charge in [-0.05, 0) is 36.2 Å². The lowest BCUT2D eigenvalue weighted by Gasteiger charge is -2.11. The van der Waals surface area contributed by atoms with Crippen molar-refractivity contribution in [3.63, 3.8) is 0 Å². The van der Waals surface area contributed by atoms with E-state index < -0.39 is 0 Å². The third-order valence-electron chi connectivity index (χ3n) is 2.77. The van der Waals surface area contributed by atoms with E-state index in [-0.39, 0.29) is 0 Å². The molecule has 0 amide bonds. The van der Waals surface area contributed by atoms with Crippen LogP contribution in [-0.2, 0) is 6.42 Å². The van der Waals surface area contributed by atoms with E-state index in [0.29, 0.717) is 27.8 Å². The van der Waals surface area contributed by atoms with E-state index in [2.05, 4.69) is 13.0 Å². The van der Waals surface area contributed by atoms with Gasteiger partial charge in [0.25, 0.3) is 0 Å². The Morgan fingerprint density at radius 1 is 1.21 bits per heavy atom. The van der Waals surface area contributed by atoms with Gasteiger partial charge in [0.15, 0.2) is 0 Å². The molecule has 0 atom stereocenters. The van der Waals surface area contributed by atoms with E-state index in [1.165, 1.54) is 0 Å². The number of aryl methyl sites for hydroxylation is 1. The Labute approximate surface area is 117 Å². The number of anilines is 1. The van der Waals surface area contributed by atoms with Gasteiger partial charge in [0.05, 0.1) is 11.3 Å². The van der Waals surface area contributed by atoms with Crippen LogP contribution in [0, 0.1) is 11.3 Å². The maximum Gasteiger partial charge on any atom is 0.150 e. The highest BCUT2D eigenvalue weighted by Crippen LogP contribution is 2.32. The Morgan fingerprint density at radius 2 is 2.00 bits per heavy atom. The molecule has 0 bridgehead atoms. The monoisotopic (exact) mass is 272 g/mol. The van der Waals surface area contributed by atoms with Crippen molar-refractivity contribution in [2.75, 3.05) is 5.73 Å². The second-order valence-corrected chi connectivity index (χ2v) is 4.52. The molecule has 0 radical (unpaired) electrons. The van der Waals surface area contributed by atoms with Crippen LogP contribution >= 0.6 is 11.6 Å². The molecule has 2 rings (SSSR count). The fourth-order valence-corrected chi connectivity index (χ4v) is 1.86. The van der Waals surface area contributed by atoms with Gasteiger partial charge in [0, 0.05) is 11.1 Å². The Bertz CT molecular complexity index is 647. The normalized spacial score (nSPS) is 9.95.